The zero-order valence-corrected chi connectivity index (χ0v) is 9.44. The summed E-state index contributed by atoms with van der Waals surface area (Å²) in [5.74, 6) is 0.875. The van der Waals surface area contributed by atoms with Crippen molar-refractivity contribution in [3.63, 3.8) is 0 Å². The molecule has 2 heteroatoms. The van der Waals surface area contributed by atoms with Gasteiger partial charge in [-0.25, -0.2) is 0 Å². The molecule has 0 saturated heterocycles. The zero-order chi connectivity index (χ0) is 11.4. The number of fused-ring (bicyclic) bond motifs is 1. The van der Waals surface area contributed by atoms with Crippen LogP contribution in [0.25, 0.3) is 16.8 Å². The van der Waals surface area contributed by atoms with E-state index in [1.54, 1.807) is 20.5 Å². The molecule has 0 N–H and O–H groups in total. The molecule has 0 radical (unpaired) electrons. The van der Waals surface area contributed by atoms with E-state index in [0.29, 0.717) is 0 Å². The molecule has 0 saturated carbocycles. The minimum absolute atomic E-state index is 0.875. The Morgan fingerprint density at radius 3 is 2.69 bits per heavy atom. The van der Waals surface area contributed by atoms with E-state index < -0.39 is 0 Å². The molecule has 0 spiro atoms. The van der Waals surface area contributed by atoms with Crippen molar-refractivity contribution < 1.29 is 9.47 Å². The Hall–Kier alpha value is -1.96. The monoisotopic (exact) mass is 214 g/mol. The van der Waals surface area contributed by atoms with Gasteiger partial charge < -0.3 is 9.47 Å². The molecule has 82 valence electrons. The Morgan fingerprint density at radius 2 is 1.94 bits per heavy atom. The fraction of sp³-hybridized carbons (Fsp3) is 0.143. The molecule has 0 atom stereocenters. The molecular weight excluding hydrogens is 200 g/mol. The molecule has 0 amide bonds. The van der Waals surface area contributed by atoms with Crippen LogP contribution in [0.3, 0.4) is 0 Å². The predicted molar refractivity (Wildman–Crippen MR) is 66.5 cm³/mol. The van der Waals surface area contributed by atoms with Crippen LogP contribution in [-0.4, -0.2) is 14.2 Å². The highest BCUT2D eigenvalue weighted by atomic mass is 16.5. The van der Waals surface area contributed by atoms with Gasteiger partial charge in [-0.1, -0.05) is 24.3 Å². The molecule has 0 aliphatic rings. The van der Waals surface area contributed by atoms with Crippen LogP contribution in [-0.2, 0) is 4.74 Å². The highest BCUT2D eigenvalue weighted by Crippen LogP contribution is 2.24. The molecule has 0 aromatic heterocycles. The average Bonchev–Trinajstić information content (AvgIpc) is 2.35. The fourth-order valence-electron chi connectivity index (χ4n) is 1.70. The first-order valence-electron chi connectivity index (χ1n) is 5.11. The van der Waals surface area contributed by atoms with E-state index in [2.05, 4.69) is 18.2 Å². The number of hydrogen-bond donors (Lipinski definition) is 0. The van der Waals surface area contributed by atoms with Gasteiger partial charge in [-0.3, -0.25) is 0 Å². The van der Waals surface area contributed by atoms with E-state index in [9.17, 15) is 0 Å². The second kappa shape index (κ2) is 4.71. The van der Waals surface area contributed by atoms with Gasteiger partial charge in [0.25, 0.3) is 0 Å². The highest BCUT2D eigenvalue weighted by Gasteiger charge is 1.99. The number of benzene rings is 2. The van der Waals surface area contributed by atoms with E-state index in [4.69, 9.17) is 9.47 Å². The van der Waals surface area contributed by atoms with E-state index in [0.717, 1.165) is 16.7 Å². The molecule has 0 bridgehead atoms. The minimum atomic E-state index is 0.875. The third-order valence-corrected chi connectivity index (χ3v) is 2.50. The lowest BCUT2D eigenvalue weighted by Crippen LogP contribution is -1.84. The van der Waals surface area contributed by atoms with Crippen LogP contribution in [0.4, 0.5) is 0 Å². The van der Waals surface area contributed by atoms with Gasteiger partial charge in [-0.15, -0.1) is 0 Å². The average molecular weight is 214 g/mol. The second-order valence-corrected chi connectivity index (χ2v) is 3.47. The summed E-state index contributed by atoms with van der Waals surface area (Å²) in [6.45, 7) is 0. The summed E-state index contributed by atoms with van der Waals surface area (Å²) in [5.41, 5.74) is 1.14. The Morgan fingerprint density at radius 1 is 1.06 bits per heavy atom. The summed E-state index contributed by atoms with van der Waals surface area (Å²) in [6, 6.07) is 12.2. The first-order valence-corrected chi connectivity index (χ1v) is 5.11. The zero-order valence-electron chi connectivity index (χ0n) is 9.44. The number of methoxy groups -OCH3 is 2. The molecule has 0 aliphatic heterocycles. The first kappa shape index (κ1) is 10.6. The highest BCUT2D eigenvalue weighted by molar-refractivity contribution is 5.91. The summed E-state index contributed by atoms with van der Waals surface area (Å²) in [7, 11) is 3.32. The van der Waals surface area contributed by atoms with Gasteiger partial charge in [-0.2, -0.15) is 0 Å². The van der Waals surface area contributed by atoms with Gasteiger partial charge in [0, 0.05) is 0 Å². The first-order chi connectivity index (χ1) is 7.85. The van der Waals surface area contributed by atoms with Crippen molar-refractivity contribution in [2.45, 2.75) is 0 Å². The van der Waals surface area contributed by atoms with E-state index in [1.807, 2.05) is 24.3 Å². The summed E-state index contributed by atoms with van der Waals surface area (Å²) in [5, 5.41) is 2.36. The normalized spacial score (nSPS) is 10.9. The van der Waals surface area contributed by atoms with Gasteiger partial charge >= 0.3 is 0 Å². The maximum atomic E-state index is 5.20. The molecular formula is C14H14O2. The summed E-state index contributed by atoms with van der Waals surface area (Å²) in [4.78, 5) is 0. The minimum Gasteiger partial charge on any atom is -0.504 e. The number of hydrogen-bond acceptors (Lipinski definition) is 2. The number of rotatable bonds is 3. The second-order valence-electron chi connectivity index (χ2n) is 3.47. The molecule has 2 nitrogen and oxygen atoms in total. The van der Waals surface area contributed by atoms with Crippen LogP contribution in [0.5, 0.6) is 5.75 Å². The smallest absolute Gasteiger partial charge is 0.119 e. The summed E-state index contributed by atoms with van der Waals surface area (Å²) in [6.07, 6.45) is 3.63. The fourth-order valence-corrected chi connectivity index (χ4v) is 1.70. The maximum Gasteiger partial charge on any atom is 0.119 e. The van der Waals surface area contributed by atoms with Crippen molar-refractivity contribution in [2.24, 2.45) is 0 Å². The van der Waals surface area contributed by atoms with Crippen molar-refractivity contribution in [3.8, 4) is 5.75 Å². The molecule has 2 aromatic carbocycles. The summed E-state index contributed by atoms with van der Waals surface area (Å²) < 4.78 is 10.1. The Bertz CT molecular complexity index is 515. The molecule has 2 rings (SSSR count). The lowest BCUT2D eigenvalue weighted by molar-refractivity contribution is 0.341. The topological polar surface area (TPSA) is 18.5 Å². The number of ether oxygens (including phenoxy) is 2. The van der Waals surface area contributed by atoms with Crippen LogP contribution in [0.15, 0.2) is 42.7 Å². The van der Waals surface area contributed by atoms with Gasteiger partial charge in [0.05, 0.1) is 20.5 Å². The van der Waals surface area contributed by atoms with Crippen LogP contribution < -0.4 is 4.74 Å². The standard InChI is InChI=1S/C14H14O2/c1-15-9-8-11-4-3-5-12-10-13(16-2)6-7-14(11)12/h3-10H,1-2H3. The Balaban J connectivity index is 2.55. The Kier molecular flexibility index (Phi) is 3.10. The Labute approximate surface area is 95.1 Å². The lowest BCUT2D eigenvalue weighted by Gasteiger charge is -2.05. The van der Waals surface area contributed by atoms with Gasteiger partial charge in [0.1, 0.15) is 5.75 Å². The molecule has 2 aromatic rings. The van der Waals surface area contributed by atoms with Crippen molar-refractivity contribution in [2.75, 3.05) is 14.2 Å². The SMILES string of the molecule is COC=Cc1cccc2cc(OC)ccc12. The maximum absolute atomic E-state index is 5.20. The van der Waals surface area contributed by atoms with Crippen molar-refractivity contribution in [1.29, 1.82) is 0 Å². The van der Waals surface area contributed by atoms with Gasteiger partial charge in [0.15, 0.2) is 0 Å². The lowest BCUT2D eigenvalue weighted by atomic mass is 10.0. The van der Waals surface area contributed by atoms with Crippen LogP contribution in [0, 0.1) is 0 Å². The van der Waals surface area contributed by atoms with Gasteiger partial charge in [-0.05, 0) is 34.5 Å². The van der Waals surface area contributed by atoms with Crippen molar-refractivity contribution >= 4 is 16.8 Å². The van der Waals surface area contributed by atoms with Crippen molar-refractivity contribution in [3.05, 3.63) is 48.2 Å². The molecule has 0 fully saturated rings. The van der Waals surface area contributed by atoms with Crippen LogP contribution in [0.1, 0.15) is 5.56 Å². The van der Waals surface area contributed by atoms with Crippen LogP contribution >= 0.6 is 0 Å². The van der Waals surface area contributed by atoms with E-state index in [1.165, 1.54) is 5.39 Å². The molecule has 0 unspecified atom stereocenters. The largest absolute Gasteiger partial charge is 0.504 e. The van der Waals surface area contributed by atoms with E-state index in [-0.39, 0.29) is 0 Å². The summed E-state index contributed by atoms with van der Waals surface area (Å²) >= 11 is 0. The van der Waals surface area contributed by atoms with Crippen molar-refractivity contribution in [1.82, 2.24) is 0 Å². The predicted octanol–water partition coefficient (Wildman–Crippen LogP) is 3.47. The molecule has 16 heavy (non-hydrogen) atoms. The quantitative estimate of drug-likeness (QED) is 0.728. The third kappa shape index (κ3) is 2.01. The molecule has 0 heterocycles. The van der Waals surface area contributed by atoms with E-state index >= 15 is 0 Å². The molecule has 0 aliphatic carbocycles. The van der Waals surface area contributed by atoms with Crippen LogP contribution in [0.2, 0.25) is 0 Å². The third-order valence-electron chi connectivity index (χ3n) is 2.50. The van der Waals surface area contributed by atoms with Gasteiger partial charge in [0.2, 0.25) is 0 Å².